The van der Waals surface area contributed by atoms with Gasteiger partial charge in [0.05, 0.1) is 0 Å². The van der Waals surface area contributed by atoms with E-state index < -0.39 is 0 Å². The van der Waals surface area contributed by atoms with Crippen LogP contribution >= 0.6 is 9.39 Å². The van der Waals surface area contributed by atoms with Crippen LogP contribution < -0.4 is 10.9 Å². The van der Waals surface area contributed by atoms with Crippen molar-refractivity contribution in [1.29, 1.82) is 0 Å². The van der Waals surface area contributed by atoms with Crippen molar-refractivity contribution in [2.24, 2.45) is 10.8 Å². The maximum absolute atomic E-state index is 5.60. The van der Waals surface area contributed by atoms with Gasteiger partial charge in [-0.1, -0.05) is 13.0 Å². The SMILES string of the molecule is CC\C(N)=C/C=C(C)/C=N/NP. The van der Waals surface area contributed by atoms with Crippen LogP contribution in [0.2, 0.25) is 0 Å². The van der Waals surface area contributed by atoms with Crippen molar-refractivity contribution in [1.82, 2.24) is 5.20 Å². The Hall–Kier alpha value is -0.820. The van der Waals surface area contributed by atoms with Crippen LogP contribution in [0, 0.1) is 0 Å². The van der Waals surface area contributed by atoms with Gasteiger partial charge in [0.1, 0.15) is 0 Å². The minimum atomic E-state index is 0.876. The summed E-state index contributed by atoms with van der Waals surface area (Å²) in [5, 5.41) is 6.42. The van der Waals surface area contributed by atoms with Crippen LogP contribution in [0.3, 0.4) is 0 Å². The Morgan fingerprint density at radius 3 is 2.75 bits per heavy atom. The van der Waals surface area contributed by atoms with E-state index in [9.17, 15) is 0 Å². The van der Waals surface area contributed by atoms with Crippen molar-refractivity contribution in [2.75, 3.05) is 0 Å². The molecule has 0 saturated heterocycles. The third-order valence-corrected chi connectivity index (χ3v) is 1.46. The lowest BCUT2D eigenvalue weighted by Gasteiger charge is -1.92. The minimum Gasteiger partial charge on any atom is -0.402 e. The van der Waals surface area contributed by atoms with Gasteiger partial charge in [-0.05, 0) is 34.4 Å². The van der Waals surface area contributed by atoms with E-state index in [-0.39, 0.29) is 0 Å². The molecule has 3 nitrogen and oxygen atoms in total. The highest BCUT2D eigenvalue weighted by Gasteiger charge is 1.82. The quantitative estimate of drug-likeness (QED) is 0.302. The van der Waals surface area contributed by atoms with Crippen molar-refractivity contribution < 1.29 is 0 Å². The Labute approximate surface area is 76.1 Å². The molecule has 0 bridgehead atoms. The lowest BCUT2D eigenvalue weighted by molar-refractivity contribution is 1.07. The van der Waals surface area contributed by atoms with Gasteiger partial charge in [-0.2, -0.15) is 5.10 Å². The summed E-state index contributed by atoms with van der Waals surface area (Å²) in [6.07, 6.45) is 6.43. The van der Waals surface area contributed by atoms with E-state index in [2.05, 4.69) is 19.7 Å². The molecule has 0 radical (unpaired) electrons. The summed E-state index contributed by atoms with van der Waals surface area (Å²) >= 11 is 0. The van der Waals surface area contributed by atoms with Crippen molar-refractivity contribution in [3.05, 3.63) is 23.4 Å². The predicted octanol–water partition coefficient (Wildman–Crippen LogP) is 1.55. The fourth-order valence-corrected chi connectivity index (χ4v) is 0.613. The zero-order chi connectivity index (χ0) is 9.40. The molecule has 0 aromatic carbocycles. The second-order valence-corrected chi connectivity index (χ2v) is 2.65. The molecule has 4 heteroatoms. The molecule has 68 valence electrons. The largest absolute Gasteiger partial charge is 0.402 e. The molecule has 12 heavy (non-hydrogen) atoms. The lowest BCUT2D eigenvalue weighted by atomic mass is 10.2. The van der Waals surface area contributed by atoms with E-state index in [0.717, 1.165) is 17.7 Å². The number of nitrogens with zero attached hydrogens (tertiary/aromatic N) is 1. The van der Waals surface area contributed by atoms with Crippen LogP contribution in [-0.2, 0) is 0 Å². The standard InChI is InChI=1S/C8H16N3P/c1-3-8(9)5-4-7(2)6-10-11-12/h4-6,11H,3,9,12H2,1-2H3/b7-4+,8-5+,10-6+. The summed E-state index contributed by atoms with van der Waals surface area (Å²) in [5.74, 6) is 0. The number of nitrogens with one attached hydrogen (secondary N) is 1. The lowest BCUT2D eigenvalue weighted by Crippen LogP contribution is -1.93. The van der Waals surface area contributed by atoms with E-state index in [0.29, 0.717) is 0 Å². The molecule has 1 unspecified atom stereocenters. The number of nitrogens with two attached hydrogens (primary N) is 1. The maximum Gasteiger partial charge on any atom is 0.0500 e. The summed E-state index contributed by atoms with van der Waals surface area (Å²) in [5.41, 5.74) is 7.54. The number of hydrogen-bond acceptors (Lipinski definition) is 3. The monoisotopic (exact) mass is 185 g/mol. The molecule has 0 aromatic heterocycles. The van der Waals surface area contributed by atoms with Crippen molar-refractivity contribution in [3.63, 3.8) is 0 Å². The Morgan fingerprint density at radius 1 is 1.58 bits per heavy atom. The molecule has 0 aliphatic carbocycles. The highest BCUT2D eigenvalue weighted by molar-refractivity contribution is 7.13. The molecule has 0 aromatic rings. The maximum atomic E-state index is 5.60. The third kappa shape index (κ3) is 5.93. The van der Waals surface area contributed by atoms with E-state index in [4.69, 9.17) is 5.73 Å². The predicted molar refractivity (Wildman–Crippen MR) is 57.7 cm³/mol. The molecule has 3 N–H and O–H groups in total. The second kappa shape index (κ2) is 6.86. The van der Waals surface area contributed by atoms with E-state index in [1.807, 2.05) is 26.0 Å². The van der Waals surface area contributed by atoms with Gasteiger partial charge in [-0.25, -0.2) is 0 Å². The van der Waals surface area contributed by atoms with Crippen molar-refractivity contribution >= 4 is 15.6 Å². The van der Waals surface area contributed by atoms with Gasteiger partial charge in [0.2, 0.25) is 0 Å². The van der Waals surface area contributed by atoms with Gasteiger partial charge in [0, 0.05) is 11.9 Å². The minimum absolute atomic E-state index is 0.876. The molecular weight excluding hydrogens is 169 g/mol. The molecule has 0 fully saturated rings. The molecule has 0 heterocycles. The topological polar surface area (TPSA) is 50.4 Å². The van der Waals surface area contributed by atoms with Gasteiger partial charge in [0.15, 0.2) is 0 Å². The summed E-state index contributed by atoms with van der Waals surface area (Å²) in [4.78, 5) is 0. The highest BCUT2D eigenvalue weighted by atomic mass is 31.0. The van der Waals surface area contributed by atoms with E-state index >= 15 is 0 Å². The Balaban J connectivity index is 4.08. The second-order valence-electron chi connectivity index (χ2n) is 2.39. The summed E-state index contributed by atoms with van der Waals surface area (Å²) in [7, 11) is 2.29. The first-order chi connectivity index (χ1) is 5.70. The van der Waals surface area contributed by atoms with Crippen LogP contribution in [0.4, 0.5) is 0 Å². The fourth-order valence-electron chi connectivity index (χ4n) is 0.538. The zero-order valence-corrected chi connectivity index (χ0v) is 8.70. The van der Waals surface area contributed by atoms with Crippen LogP contribution in [0.1, 0.15) is 20.3 Å². The van der Waals surface area contributed by atoms with Crippen molar-refractivity contribution in [2.45, 2.75) is 20.3 Å². The Morgan fingerprint density at radius 2 is 2.25 bits per heavy atom. The Bertz CT molecular complexity index is 206. The molecular formula is C8H16N3P. The average Bonchev–Trinajstić information content (AvgIpc) is 2.10. The highest BCUT2D eigenvalue weighted by Crippen LogP contribution is 1.94. The number of hydrazone groups is 1. The van der Waals surface area contributed by atoms with Crippen LogP contribution in [0.25, 0.3) is 0 Å². The number of allylic oxidation sites excluding steroid dienone is 4. The fraction of sp³-hybridized carbons (Fsp3) is 0.375. The number of rotatable bonds is 4. The van der Waals surface area contributed by atoms with Gasteiger partial charge in [0.25, 0.3) is 0 Å². The first-order valence-electron chi connectivity index (χ1n) is 3.82. The molecule has 0 spiro atoms. The van der Waals surface area contributed by atoms with Gasteiger partial charge < -0.3 is 5.73 Å². The van der Waals surface area contributed by atoms with Gasteiger partial charge >= 0.3 is 0 Å². The molecule has 0 amide bonds. The van der Waals surface area contributed by atoms with Crippen molar-refractivity contribution in [3.8, 4) is 0 Å². The summed E-state index contributed by atoms with van der Waals surface area (Å²) in [6.45, 7) is 3.98. The van der Waals surface area contributed by atoms with Crippen LogP contribution in [-0.4, -0.2) is 6.21 Å². The molecule has 0 aliphatic heterocycles. The normalized spacial score (nSPS) is 13.9. The zero-order valence-electron chi connectivity index (χ0n) is 7.54. The van der Waals surface area contributed by atoms with E-state index in [1.54, 1.807) is 6.21 Å². The smallest absolute Gasteiger partial charge is 0.0500 e. The van der Waals surface area contributed by atoms with Crippen LogP contribution in [0.5, 0.6) is 0 Å². The molecule has 0 rings (SSSR count). The molecule has 0 saturated carbocycles. The molecule has 0 aliphatic rings. The van der Waals surface area contributed by atoms with Gasteiger partial charge in [-0.15, -0.1) is 0 Å². The summed E-state index contributed by atoms with van der Waals surface area (Å²) in [6, 6.07) is 0. The first-order valence-corrected chi connectivity index (χ1v) is 4.40. The van der Waals surface area contributed by atoms with Crippen LogP contribution in [0.15, 0.2) is 28.5 Å². The van der Waals surface area contributed by atoms with E-state index in [1.165, 1.54) is 0 Å². The van der Waals surface area contributed by atoms with Gasteiger partial charge in [-0.3, -0.25) is 5.20 Å². The Kier molecular flexibility index (Phi) is 6.39. The average molecular weight is 185 g/mol. The molecule has 1 atom stereocenters. The third-order valence-electron chi connectivity index (χ3n) is 1.31. The summed E-state index contributed by atoms with van der Waals surface area (Å²) < 4.78 is 0. The number of hydrogen-bond donors (Lipinski definition) is 2. The first kappa shape index (κ1) is 11.2.